The lowest BCUT2D eigenvalue weighted by atomic mass is 10.2. The maximum Gasteiger partial charge on any atom is 0.180 e. The fraction of sp³-hybridized carbons (Fsp3) is 0.667. The number of methoxy groups -OCH3 is 1. The van der Waals surface area contributed by atoms with Gasteiger partial charge < -0.3 is 14.5 Å². The van der Waals surface area contributed by atoms with Crippen LogP contribution in [0.4, 0.5) is 0 Å². The smallest absolute Gasteiger partial charge is 0.180 e. The van der Waals surface area contributed by atoms with Crippen molar-refractivity contribution >= 4 is 5.94 Å². The molecule has 1 aliphatic rings. The van der Waals surface area contributed by atoms with Crippen LogP contribution in [0.15, 0.2) is 11.6 Å². The standard InChI is InChI=1S/C9H14N2O2/c1-10-6-8(13-3)7-11(2)9(10)4-5-12/h8H,6-7H2,1-3H3. The summed E-state index contributed by atoms with van der Waals surface area (Å²) in [5.74, 6) is 2.44. The van der Waals surface area contributed by atoms with Gasteiger partial charge in [0.2, 0.25) is 0 Å². The number of hydrogen-bond acceptors (Lipinski definition) is 4. The van der Waals surface area contributed by atoms with Crippen LogP contribution in [0.3, 0.4) is 0 Å². The molecule has 72 valence electrons. The Labute approximate surface area is 78.1 Å². The van der Waals surface area contributed by atoms with E-state index in [1.54, 1.807) is 13.1 Å². The van der Waals surface area contributed by atoms with Gasteiger partial charge in [0.05, 0.1) is 6.10 Å². The fourth-order valence-electron chi connectivity index (χ4n) is 1.52. The maximum atomic E-state index is 10.2. The zero-order chi connectivity index (χ0) is 9.84. The Hall–Kier alpha value is -1.21. The minimum Gasteiger partial charge on any atom is -0.378 e. The first kappa shape index (κ1) is 9.87. The molecule has 0 amide bonds. The summed E-state index contributed by atoms with van der Waals surface area (Å²) in [6.07, 6.45) is 0.187. The highest BCUT2D eigenvalue weighted by Gasteiger charge is 2.23. The van der Waals surface area contributed by atoms with E-state index in [4.69, 9.17) is 4.74 Å². The van der Waals surface area contributed by atoms with Crippen molar-refractivity contribution in [2.45, 2.75) is 6.10 Å². The van der Waals surface area contributed by atoms with Crippen molar-refractivity contribution in [3.8, 4) is 0 Å². The molecule has 1 aliphatic heterocycles. The normalized spacial score (nSPS) is 22.7. The van der Waals surface area contributed by atoms with Crippen LogP contribution in [0.1, 0.15) is 0 Å². The third-order valence-electron chi connectivity index (χ3n) is 2.17. The molecule has 4 nitrogen and oxygen atoms in total. The molecular formula is C9H14N2O2. The molecule has 0 saturated carbocycles. The number of carbonyl (C=O) groups excluding carboxylic acids is 1. The Morgan fingerprint density at radius 2 is 1.92 bits per heavy atom. The van der Waals surface area contributed by atoms with Gasteiger partial charge in [-0.2, -0.15) is 0 Å². The van der Waals surface area contributed by atoms with Crippen LogP contribution in [0.25, 0.3) is 0 Å². The molecule has 13 heavy (non-hydrogen) atoms. The van der Waals surface area contributed by atoms with E-state index < -0.39 is 0 Å². The molecule has 4 heteroatoms. The summed E-state index contributed by atoms with van der Waals surface area (Å²) in [7, 11) is 5.50. The predicted octanol–water partition coefficient (Wildman–Crippen LogP) is -0.293. The molecule has 1 fully saturated rings. The monoisotopic (exact) mass is 182 g/mol. The van der Waals surface area contributed by atoms with E-state index in [9.17, 15) is 4.79 Å². The number of likely N-dealkylation sites (N-methyl/N-ethyl adjacent to an activating group) is 2. The van der Waals surface area contributed by atoms with Crippen molar-refractivity contribution in [3.63, 3.8) is 0 Å². The van der Waals surface area contributed by atoms with Gasteiger partial charge in [-0.25, -0.2) is 4.79 Å². The van der Waals surface area contributed by atoms with Crippen LogP contribution in [0.2, 0.25) is 0 Å². The third-order valence-corrected chi connectivity index (χ3v) is 2.17. The van der Waals surface area contributed by atoms with Gasteiger partial charge in [0.25, 0.3) is 0 Å². The van der Waals surface area contributed by atoms with E-state index in [1.807, 2.05) is 23.9 Å². The van der Waals surface area contributed by atoms with Crippen LogP contribution >= 0.6 is 0 Å². The summed E-state index contributed by atoms with van der Waals surface area (Å²) in [4.78, 5) is 14.0. The Morgan fingerprint density at radius 3 is 2.31 bits per heavy atom. The van der Waals surface area contributed by atoms with Crippen molar-refractivity contribution in [1.29, 1.82) is 0 Å². The molecule has 1 heterocycles. The molecule has 1 saturated heterocycles. The van der Waals surface area contributed by atoms with Gasteiger partial charge >= 0.3 is 0 Å². The van der Waals surface area contributed by atoms with E-state index in [1.165, 1.54) is 0 Å². The largest absolute Gasteiger partial charge is 0.378 e. The lowest BCUT2D eigenvalue weighted by Gasteiger charge is -2.38. The quantitative estimate of drug-likeness (QED) is 0.412. The number of ether oxygens (including phenoxy) is 1. The summed E-state index contributed by atoms with van der Waals surface area (Å²) < 4.78 is 5.24. The summed E-state index contributed by atoms with van der Waals surface area (Å²) in [5.41, 5.74) is 2.54. The van der Waals surface area contributed by atoms with Crippen molar-refractivity contribution in [3.05, 3.63) is 11.6 Å². The Morgan fingerprint density at radius 1 is 1.38 bits per heavy atom. The van der Waals surface area contributed by atoms with Crippen LogP contribution in [-0.2, 0) is 9.53 Å². The van der Waals surface area contributed by atoms with E-state index >= 15 is 0 Å². The van der Waals surface area contributed by atoms with Crippen molar-refractivity contribution in [2.75, 3.05) is 34.3 Å². The summed E-state index contributed by atoms with van der Waals surface area (Å²) in [5, 5.41) is 0. The number of rotatable bonds is 1. The molecule has 0 spiro atoms. The van der Waals surface area contributed by atoms with E-state index in [0.717, 1.165) is 18.9 Å². The first-order valence-electron chi connectivity index (χ1n) is 4.14. The van der Waals surface area contributed by atoms with Crippen molar-refractivity contribution < 1.29 is 9.53 Å². The first-order valence-corrected chi connectivity index (χ1v) is 4.14. The summed E-state index contributed by atoms with van der Waals surface area (Å²) in [6, 6.07) is 0. The molecule has 0 aromatic rings. The van der Waals surface area contributed by atoms with Gasteiger partial charge in [-0.3, -0.25) is 0 Å². The van der Waals surface area contributed by atoms with E-state index in [0.29, 0.717) is 0 Å². The molecule has 0 aromatic carbocycles. The molecule has 0 radical (unpaired) electrons. The summed E-state index contributed by atoms with van der Waals surface area (Å²) in [6.45, 7) is 1.57. The zero-order valence-electron chi connectivity index (χ0n) is 8.20. The minimum absolute atomic E-state index is 0.187. The lowest BCUT2D eigenvalue weighted by molar-refractivity contribution is 0.0213. The molecule has 1 rings (SSSR count). The summed E-state index contributed by atoms with van der Waals surface area (Å²) >= 11 is 0. The molecule has 0 aromatic heterocycles. The van der Waals surface area contributed by atoms with Crippen molar-refractivity contribution in [1.82, 2.24) is 9.80 Å². The second kappa shape index (κ2) is 4.15. The highest BCUT2D eigenvalue weighted by molar-refractivity contribution is 5.45. The first-order chi connectivity index (χ1) is 6.19. The molecule has 0 bridgehead atoms. The predicted molar refractivity (Wildman–Crippen MR) is 48.8 cm³/mol. The van der Waals surface area contributed by atoms with Gasteiger partial charge in [-0.1, -0.05) is 0 Å². The van der Waals surface area contributed by atoms with Crippen LogP contribution in [0, 0.1) is 0 Å². The fourth-order valence-corrected chi connectivity index (χ4v) is 1.52. The highest BCUT2D eigenvalue weighted by Crippen LogP contribution is 2.14. The zero-order valence-corrected chi connectivity index (χ0v) is 8.20. The SMILES string of the molecule is COC1CN(C)C(=C=C=O)N(C)C1. The minimum atomic E-state index is 0.187. The topological polar surface area (TPSA) is 32.8 Å². The third kappa shape index (κ3) is 2.13. The van der Waals surface area contributed by atoms with Crippen LogP contribution in [0.5, 0.6) is 0 Å². The number of hydrogen-bond donors (Lipinski definition) is 0. The molecule has 0 N–H and O–H groups in total. The average molecular weight is 182 g/mol. The average Bonchev–Trinajstić information content (AvgIpc) is 2.11. The molecule has 0 atom stereocenters. The Kier molecular flexibility index (Phi) is 3.15. The highest BCUT2D eigenvalue weighted by atomic mass is 16.5. The van der Waals surface area contributed by atoms with Gasteiger partial charge in [0.15, 0.2) is 11.8 Å². The van der Waals surface area contributed by atoms with Crippen molar-refractivity contribution in [2.24, 2.45) is 0 Å². The van der Waals surface area contributed by atoms with E-state index in [-0.39, 0.29) is 6.10 Å². The Balaban J connectivity index is 2.82. The molecule has 0 aliphatic carbocycles. The Bertz CT molecular complexity index is 251. The molecular weight excluding hydrogens is 168 g/mol. The van der Waals surface area contributed by atoms with E-state index in [2.05, 4.69) is 5.73 Å². The lowest BCUT2D eigenvalue weighted by Crippen LogP contribution is -2.47. The second-order valence-electron chi connectivity index (χ2n) is 3.17. The number of nitrogens with zero attached hydrogens (tertiary/aromatic N) is 2. The van der Waals surface area contributed by atoms with Gasteiger partial charge in [-0.05, 0) is 0 Å². The second-order valence-corrected chi connectivity index (χ2v) is 3.17. The van der Waals surface area contributed by atoms with Gasteiger partial charge in [0, 0.05) is 40.0 Å². The maximum absolute atomic E-state index is 10.2. The van der Waals surface area contributed by atoms with Crippen LogP contribution in [-0.4, -0.2) is 56.1 Å². The van der Waals surface area contributed by atoms with Gasteiger partial charge in [-0.15, -0.1) is 0 Å². The van der Waals surface area contributed by atoms with Crippen LogP contribution < -0.4 is 0 Å². The molecule has 0 unspecified atom stereocenters. The van der Waals surface area contributed by atoms with Gasteiger partial charge in [0.1, 0.15) is 0 Å².